The van der Waals surface area contributed by atoms with Gasteiger partial charge in [0.05, 0.1) is 31.4 Å². The number of nitrogens with zero attached hydrogens (tertiary/aromatic N) is 1. The molecule has 0 aromatic heterocycles. The molecule has 0 radical (unpaired) electrons. The van der Waals surface area contributed by atoms with E-state index in [1.807, 2.05) is 18.2 Å². The number of hydrogen-bond donors (Lipinski definition) is 1. The zero-order valence-electron chi connectivity index (χ0n) is 10.4. The average Bonchev–Trinajstić information content (AvgIpc) is 2.39. The number of nitrogens with one attached hydrogen (secondary N) is 1. The van der Waals surface area contributed by atoms with E-state index in [1.54, 1.807) is 12.1 Å². The Balaban J connectivity index is 0.00000162. The maximum absolute atomic E-state index is 11.6. The lowest BCUT2D eigenvalue weighted by Crippen LogP contribution is -3.10. The molecule has 1 aliphatic rings. The fourth-order valence-electron chi connectivity index (χ4n) is 1.79. The Morgan fingerprint density at radius 1 is 1.22 bits per heavy atom. The second-order valence-electron chi connectivity index (χ2n) is 4.36. The monoisotopic (exact) mass is 268 g/mol. The number of piperidine rings is 1. The Bertz CT molecular complexity index is 410. The Morgan fingerprint density at radius 2 is 1.83 bits per heavy atom. The molecule has 98 valence electrons. The zero-order chi connectivity index (χ0) is 12.1. The maximum atomic E-state index is 11.6. The first-order chi connectivity index (χ1) is 8.25. The summed E-state index contributed by atoms with van der Waals surface area (Å²) in [5, 5.41) is 3.95. The Labute approximate surface area is 113 Å². The molecule has 5 heteroatoms. The molecule has 1 heterocycles. The van der Waals surface area contributed by atoms with Crippen molar-refractivity contribution in [2.45, 2.75) is 12.8 Å². The lowest BCUT2D eigenvalue weighted by molar-refractivity contribution is -0.880. The number of benzene rings is 1. The van der Waals surface area contributed by atoms with Crippen molar-refractivity contribution in [1.29, 1.82) is 0 Å². The van der Waals surface area contributed by atoms with Gasteiger partial charge in [-0.25, -0.2) is 4.79 Å². The summed E-state index contributed by atoms with van der Waals surface area (Å²) < 4.78 is 0. The predicted molar refractivity (Wildman–Crippen MR) is 65.1 cm³/mol. The lowest BCUT2D eigenvalue weighted by atomic mass is 10.1. The van der Waals surface area contributed by atoms with E-state index in [-0.39, 0.29) is 18.4 Å². The van der Waals surface area contributed by atoms with E-state index in [2.05, 4.69) is 12.2 Å². The van der Waals surface area contributed by atoms with Gasteiger partial charge in [0.15, 0.2) is 0 Å². The van der Waals surface area contributed by atoms with Crippen molar-refractivity contribution in [2.75, 3.05) is 20.1 Å². The summed E-state index contributed by atoms with van der Waals surface area (Å²) in [4.78, 5) is 18.1. The van der Waals surface area contributed by atoms with Gasteiger partial charge in [-0.15, -0.1) is 0 Å². The van der Waals surface area contributed by atoms with Crippen LogP contribution in [0.2, 0.25) is 0 Å². The van der Waals surface area contributed by atoms with Crippen LogP contribution >= 0.6 is 0 Å². The van der Waals surface area contributed by atoms with Crippen LogP contribution in [0.5, 0.6) is 0 Å². The molecule has 0 spiro atoms. The van der Waals surface area contributed by atoms with Gasteiger partial charge in [-0.1, -0.05) is 23.4 Å². The molecule has 1 aliphatic heterocycles. The van der Waals surface area contributed by atoms with E-state index in [9.17, 15) is 4.79 Å². The van der Waals surface area contributed by atoms with Crippen LogP contribution in [-0.4, -0.2) is 31.8 Å². The maximum Gasteiger partial charge on any atom is 0.365 e. The predicted octanol–water partition coefficient (Wildman–Crippen LogP) is -2.49. The first-order valence-electron chi connectivity index (χ1n) is 5.89. The van der Waals surface area contributed by atoms with E-state index in [4.69, 9.17) is 4.84 Å². The molecule has 2 rings (SSSR count). The molecule has 0 amide bonds. The number of halogens is 1. The molecular formula is C13H17ClN2O2. The molecule has 0 saturated carbocycles. The molecule has 0 bridgehead atoms. The van der Waals surface area contributed by atoms with Crippen LogP contribution < -0.4 is 17.3 Å². The first kappa shape index (κ1) is 14.7. The number of quaternary nitrogens is 1. The molecule has 0 atom stereocenters. The van der Waals surface area contributed by atoms with E-state index in [1.165, 1.54) is 4.90 Å². The number of rotatable bonds is 2. The summed E-state index contributed by atoms with van der Waals surface area (Å²) in [6, 6.07) is 8.93. The summed E-state index contributed by atoms with van der Waals surface area (Å²) in [7, 11) is 2.16. The molecule has 0 unspecified atom stereocenters. The molecule has 1 aromatic rings. The standard InChI is InChI=1S/C13H16N2O2.ClH/c1-15-9-7-12(8-10-15)14-17-13(16)11-5-3-2-4-6-11;/h2-6H,7-10H2,1H3;1H. The summed E-state index contributed by atoms with van der Waals surface area (Å²) >= 11 is 0. The Morgan fingerprint density at radius 3 is 2.44 bits per heavy atom. The topological polar surface area (TPSA) is 43.1 Å². The third kappa shape index (κ3) is 4.13. The quantitative estimate of drug-likeness (QED) is 0.477. The Kier molecular flexibility index (Phi) is 5.82. The summed E-state index contributed by atoms with van der Waals surface area (Å²) in [5.74, 6) is -0.385. The van der Waals surface area contributed by atoms with E-state index in [0.717, 1.165) is 31.6 Å². The van der Waals surface area contributed by atoms with Crippen LogP contribution in [0.15, 0.2) is 35.5 Å². The highest BCUT2D eigenvalue weighted by Crippen LogP contribution is 2.03. The second kappa shape index (κ2) is 7.13. The van der Waals surface area contributed by atoms with Crippen molar-refractivity contribution in [3.63, 3.8) is 0 Å². The van der Waals surface area contributed by atoms with Crippen LogP contribution in [-0.2, 0) is 4.84 Å². The molecule has 4 nitrogen and oxygen atoms in total. The smallest absolute Gasteiger partial charge is 0.365 e. The number of oxime groups is 1. The molecule has 1 saturated heterocycles. The van der Waals surface area contributed by atoms with Gasteiger partial charge in [0, 0.05) is 12.8 Å². The minimum absolute atomic E-state index is 0. The van der Waals surface area contributed by atoms with E-state index >= 15 is 0 Å². The van der Waals surface area contributed by atoms with Crippen molar-refractivity contribution < 1.29 is 26.9 Å². The molecule has 1 fully saturated rings. The van der Waals surface area contributed by atoms with Crippen molar-refractivity contribution in [3.05, 3.63) is 35.9 Å². The third-order valence-corrected chi connectivity index (χ3v) is 2.95. The van der Waals surface area contributed by atoms with Gasteiger partial charge in [0.1, 0.15) is 0 Å². The number of likely N-dealkylation sites (tertiary alicyclic amines) is 1. The zero-order valence-corrected chi connectivity index (χ0v) is 11.1. The number of carbonyl (C=O) groups is 1. The van der Waals surface area contributed by atoms with E-state index in [0.29, 0.717) is 5.56 Å². The van der Waals surface area contributed by atoms with Gasteiger partial charge in [0.2, 0.25) is 0 Å². The minimum Gasteiger partial charge on any atom is -1.00 e. The van der Waals surface area contributed by atoms with Crippen LogP contribution in [0.1, 0.15) is 23.2 Å². The fourth-order valence-corrected chi connectivity index (χ4v) is 1.79. The Hall–Kier alpha value is -1.39. The van der Waals surface area contributed by atoms with Crippen molar-refractivity contribution in [3.8, 4) is 0 Å². The van der Waals surface area contributed by atoms with Crippen LogP contribution in [0.25, 0.3) is 0 Å². The summed E-state index contributed by atoms with van der Waals surface area (Å²) in [5.41, 5.74) is 1.52. The SMILES string of the molecule is C[NH+]1CCC(=NOC(=O)c2ccccc2)CC1.[Cl-]. The fraction of sp³-hybridized carbons (Fsp3) is 0.385. The third-order valence-electron chi connectivity index (χ3n) is 2.95. The van der Waals surface area contributed by atoms with Crippen LogP contribution in [0.4, 0.5) is 0 Å². The van der Waals surface area contributed by atoms with Gasteiger partial charge in [-0.2, -0.15) is 0 Å². The largest absolute Gasteiger partial charge is 1.00 e. The molecular weight excluding hydrogens is 252 g/mol. The number of carbonyl (C=O) groups excluding carboxylic acids is 1. The minimum atomic E-state index is -0.385. The second-order valence-corrected chi connectivity index (χ2v) is 4.36. The van der Waals surface area contributed by atoms with Crippen LogP contribution in [0, 0.1) is 0 Å². The lowest BCUT2D eigenvalue weighted by Gasteiger charge is -2.19. The normalized spacial score (nSPS) is 18.7. The average molecular weight is 269 g/mol. The van der Waals surface area contributed by atoms with Crippen LogP contribution in [0.3, 0.4) is 0 Å². The van der Waals surface area contributed by atoms with Gasteiger partial charge in [-0.05, 0) is 12.1 Å². The van der Waals surface area contributed by atoms with Gasteiger partial charge in [0.25, 0.3) is 0 Å². The van der Waals surface area contributed by atoms with Crippen molar-refractivity contribution in [2.24, 2.45) is 5.16 Å². The molecule has 0 aliphatic carbocycles. The molecule has 1 N–H and O–H groups in total. The van der Waals surface area contributed by atoms with Gasteiger partial charge in [-0.3, -0.25) is 0 Å². The highest BCUT2D eigenvalue weighted by molar-refractivity contribution is 5.90. The molecule has 1 aromatic carbocycles. The first-order valence-corrected chi connectivity index (χ1v) is 5.89. The van der Waals surface area contributed by atoms with Crippen molar-refractivity contribution in [1.82, 2.24) is 0 Å². The summed E-state index contributed by atoms with van der Waals surface area (Å²) in [6.45, 7) is 2.11. The highest BCUT2D eigenvalue weighted by atomic mass is 35.5. The summed E-state index contributed by atoms with van der Waals surface area (Å²) in [6.07, 6.45) is 1.82. The van der Waals surface area contributed by atoms with E-state index < -0.39 is 0 Å². The van der Waals surface area contributed by atoms with Crippen molar-refractivity contribution >= 4 is 11.7 Å². The van der Waals surface area contributed by atoms with Gasteiger partial charge < -0.3 is 22.1 Å². The highest BCUT2D eigenvalue weighted by Gasteiger charge is 2.15. The molecule has 18 heavy (non-hydrogen) atoms. The van der Waals surface area contributed by atoms with Gasteiger partial charge >= 0.3 is 5.97 Å². The number of hydrogen-bond acceptors (Lipinski definition) is 3.